The zero-order chi connectivity index (χ0) is 13.2. The lowest BCUT2D eigenvalue weighted by atomic mass is 10.1. The minimum atomic E-state index is -0.195. The number of aliphatic hydroxyl groups excluding tert-OH is 1. The summed E-state index contributed by atoms with van der Waals surface area (Å²) < 4.78 is 5.33. The van der Waals surface area contributed by atoms with Crippen molar-refractivity contribution in [1.29, 1.82) is 0 Å². The van der Waals surface area contributed by atoms with Crippen molar-refractivity contribution < 1.29 is 9.84 Å². The van der Waals surface area contributed by atoms with Crippen LogP contribution in [0.4, 0.5) is 0 Å². The molecule has 0 spiro atoms. The second kappa shape index (κ2) is 5.32. The van der Waals surface area contributed by atoms with Gasteiger partial charge in [-0.1, -0.05) is 6.07 Å². The molecule has 0 unspecified atom stereocenters. The van der Waals surface area contributed by atoms with Gasteiger partial charge in [-0.05, 0) is 51.3 Å². The highest BCUT2D eigenvalue weighted by Crippen LogP contribution is 2.42. The summed E-state index contributed by atoms with van der Waals surface area (Å²) in [7, 11) is 1.71. The highest BCUT2D eigenvalue weighted by atomic mass is 32.2. The standard InChI is InChI=1S/C14H22O2S/c1-9-7-10(2)13(12(16-6)11(9)3)17-14(4,5)8-15/h7,15H,8H2,1-6H3. The van der Waals surface area contributed by atoms with Crippen molar-refractivity contribution in [1.82, 2.24) is 0 Å². The lowest BCUT2D eigenvalue weighted by Gasteiger charge is -2.24. The molecule has 0 aliphatic carbocycles. The Labute approximate surface area is 108 Å². The topological polar surface area (TPSA) is 29.5 Å². The Morgan fingerprint density at radius 3 is 2.29 bits per heavy atom. The molecular weight excluding hydrogens is 232 g/mol. The van der Waals surface area contributed by atoms with Crippen molar-refractivity contribution in [2.45, 2.75) is 44.3 Å². The second-order valence-electron chi connectivity index (χ2n) is 5.02. The lowest BCUT2D eigenvalue weighted by molar-refractivity contribution is 0.265. The normalized spacial score (nSPS) is 11.7. The van der Waals surface area contributed by atoms with Crippen molar-refractivity contribution >= 4 is 11.8 Å². The van der Waals surface area contributed by atoms with Gasteiger partial charge in [0.25, 0.3) is 0 Å². The van der Waals surface area contributed by atoms with Crippen LogP contribution in [0.3, 0.4) is 0 Å². The molecule has 96 valence electrons. The number of benzene rings is 1. The highest BCUT2D eigenvalue weighted by molar-refractivity contribution is 8.00. The SMILES string of the molecule is COc1c(C)c(C)cc(C)c1SC(C)(C)CO. The van der Waals surface area contributed by atoms with Crippen LogP contribution in [-0.2, 0) is 0 Å². The third-order valence-corrected chi connectivity index (χ3v) is 4.29. The first-order chi connectivity index (χ1) is 7.82. The fraction of sp³-hybridized carbons (Fsp3) is 0.571. The number of aliphatic hydroxyl groups is 1. The third-order valence-electron chi connectivity index (χ3n) is 2.89. The minimum absolute atomic E-state index is 0.146. The summed E-state index contributed by atoms with van der Waals surface area (Å²) in [5.41, 5.74) is 3.62. The number of rotatable bonds is 4. The van der Waals surface area contributed by atoms with Crippen molar-refractivity contribution in [3.63, 3.8) is 0 Å². The predicted octanol–water partition coefficient (Wildman–Crippen LogP) is 3.48. The van der Waals surface area contributed by atoms with Crippen LogP contribution in [0.25, 0.3) is 0 Å². The maximum atomic E-state index is 9.37. The van der Waals surface area contributed by atoms with Crippen LogP contribution >= 0.6 is 11.8 Å². The number of ether oxygens (including phenoxy) is 1. The molecule has 17 heavy (non-hydrogen) atoms. The number of hydrogen-bond acceptors (Lipinski definition) is 3. The maximum absolute atomic E-state index is 9.37. The van der Waals surface area contributed by atoms with Crippen LogP contribution in [0.5, 0.6) is 5.75 Å². The Bertz CT molecular complexity index is 411. The summed E-state index contributed by atoms with van der Waals surface area (Å²) in [6.07, 6.45) is 0. The first-order valence-electron chi connectivity index (χ1n) is 5.77. The van der Waals surface area contributed by atoms with Gasteiger partial charge in [0, 0.05) is 4.75 Å². The molecule has 0 atom stereocenters. The van der Waals surface area contributed by atoms with Gasteiger partial charge in [-0.25, -0.2) is 0 Å². The summed E-state index contributed by atoms with van der Waals surface area (Å²) in [4.78, 5) is 1.13. The van der Waals surface area contributed by atoms with Gasteiger partial charge in [0.15, 0.2) is 0 Å². The summed E-state index contributed by atoms with van der Waals surface area (Å²) in [6.45, 7) is 10.5. The predicted molar refractivity (Wildman–Crippen MR) is 74.2 cm³/mol. The molecule has 1 aromatic rings. The van der Waals surface area contributed by atoms with Gasteiger partial charge in [-0.15, -0.1) is 11.8 Å². The van der Waals surface area contributed by atoms with Crippen LogP contribution in [0.2, 0.25) is 0 Å². The Hall–Kier alpha value is -0.670. The van der Waals surface area contributed by atoms with Gasteiger partial charge in [0.05, 0.1) is 18.6 Å². The Kier molecular flexibility index (Phi) is 4.50. The van der Waals surface area contributed by atoms with E-state index in [4.69, 9.17) is 4.74 Å². The summed E-state index contributed by atoms with van der Waals surface area (Å²) in [6, 6.07) is 2.17. The molecule has 0 aromatic heterocycles. The second-order valence-corrected chi connectivity index (χ2v) is 6.74. The van der Waals surface area contributed by atoms with Crippen molar-refractivity contribution in [3.8, 4) is 5.75 Å². The molecule has 1 rings (SSSR count). The van der Waals surface area contributed by atoms with Gasteiger partial charge in [-0.2, -0.15) is 0 Å². The number of thioether (sulfide) groups is 1. The van der Waals surface area contributed by atoms with Gasteiger partial charge < -0.3 is 9.84 Å². The van der Waals surface area contributed by atoms with Gasteiger partial charge in [0.2, 0.25) is 0 Å². The molecule has 0 aliphatic rings. The van der Waals surface area contributed by atoms with Crippen LogP contribution in [0.15, 0.2) is 11.0 Å². The molecule has 0 saturated heterocycles. The van der Waals surface area contributed by atoms with E-state index in [0.29, 0.717) is 0 Å². The Balaban J connectivity index is 3.28. The van der Waals surface area contributed by atoms with E-state index in [9.17, 15) is 5.11 Å². The summed E-state index contributed by atoms with van der Waals surface area (Å²) >= 11 is 1.67. The van der Waals surface area contributed by atoms with E-state index in [1.54, 1.807) is 18.9 Å². The molecule has 3 heteroatoms. The quantitative estimate of drug-likeness (QED) is 0.834. The number of aryl methyl sites for hydroxylation is 2. The molecule has 0 bridgehead atoms. The van der Waals surface area contributed by atoms with Crippen molar-refractivity contribution in [2.24, 2.45) is 0 Å². The third kappa shape index (κ3) is 3.17. The number of methoxy groups -OCH3 is 1. The van der Waals surface area contributed by atoms with E-state index in [0.717, 1.165) is 10.6 Å². The first kappa shape index (κ1) is 14.4. The van der Waals surface area contributed by atoms with E-state index >= 15 is 0 Å². The molecule has 0 amide bonds. The van der Waals surface area contributed by atoms with E-state index in [2.05, 4.69) is 26.8 Å². The number of hydrogen-bond donors (Lipinski definition) is 1. The van der Waals surface area contributed by atoms with Gasteiger partial charge in [0.1, 0.15) is 5.75 Å². The van der Waals surface area contributed by atoms with E-state index < -0.39 is 0 Å². The van der Waals surface area contributed by atoms with Crippen molar-refractivity contribution in [3.05, 3.63) is 22.8 Å². The molecular formula is C14H22O2S. The van der Waals surface area contributed by atoms with Crippen molar-refractivity contribution in [2.75, 3.05) is 13.7 Å². The van der Waals surface area contributed by atoms with Gasteiger partial charge in [-0.3, -0.25) is 0 Å². The van der Waals surface area contributed by atoms with Crippen LogP contribution < -0.4 is 4.74 Å². The molecule has 0 radical (unpaired) electrons. The highest BCUT2D eigenvalue weighted by Gasteiger charge is 2.23. The zero-order valence-corrected chi connectivity index (χ0v) is 12.4. The van der Waals surface area contributed by atoms with Crippen LogP contribution in [0.1, 0.15) is 30.5 Å². The van der Waals surface area contributed by atoms with E-state index in [-0.39, 0.29) is 11.4 Å². The van der Waals surface area contributed by atoms with Gasteiger partial charge >= 0.3 is 0 Å². The minimum Gasteiger partial charge on any atom is -0.495 e. The first-order valence-corrected chi connectivity index (χ1v) is 6.58. The van der Waals surface area contributed by atoms with Crippen LogP contribution in [-0.4, -0.2) is 23.6 Å². The molecule has 0 heterocycles. The van der Waals surface area contributed by atoms with E-state index in [1.807, 2.05) is 13.8 Å². The molecule has 0 aliphatic heterocycles. The molecule has 0 fully saturated rings. The Morgan fingerprint density at radius 2 is 1.82 bits per heavy atom. The molecule has 0 saturated carbocycles. The smallest absolute Gasteiger partial charge is 0.135 e. The van der Waals surface area contributed by atoms with E-state index in [1.165, 1.54) is 16.7 Å². The lowest BCUT2D eigenvalue weighted by Crippen LogP contribution is -2.20. The van der Waals surface area contributed by atoms with Crippen LogP contribution in [0, 0.1) is 20.8 Å². The molecule has 1 N–H and O–H groups in total. The molecule has 1 aromatic carbocycles. The fourth-order valence-corrected chi connectivity index (χ4v) is 2.87. The average Bonchev–Trinajstić information content (AvgIpc) is 2.26. The Morgan fingerprint density at radius 1 is 1.24 bits per heavy atom. The monoisotopic (exact) mass is 254 g/mol. The zero-order valence-electron chi connectivity index (χ0n) is 11.5. The fourth-order valence-electron chi connectivity index (χ4n) is 1.71. The largest absolute Gasteiger partial charge is 0.495 e. The molecule has 2 nitrogen and oxygen atoms in total. The summed E-state index contributed by atoms with van der Waals surface area (Å²) in [5.74, 6) is 0.939. The summed E-state index contributed by atoms with van der Waals surface area (Å²) in [5, 5.41) is 9.37. The average molecular weight is 254 g/mol. The maximum Gasteiger partial charge on any atom is 0.135 e.